The van der Waals surface area contributed by atoms with E-state index < -0.39 is 0 Å². The molecule has 0 aliphatic carbocycles. The van der Waals surface area contributed by atoms with Crippen LogP contribution in [0.5, 0.6) is 0 Å². The maximum atomic E-state index is 5.61. The van der Waals surface area contributed by atoms with Gasteiger partial charge in [-0.3, -0.25) is 9.97 Å². The summed E-state index contributed by atoms with van der Waals surface area (Å²) < 4.78 is 0. The first kappa shape index (κ1) is 8.43. The van der Waals surface area contributed by atoms with Gasteiger partial charge in [0, 0.05) is 11.9 Å². The van der Waals surface area contributed by atoms with Gasteiger partial charge in [0.25, 0.3) is 0 Å². The summed E-state index contributed by atoms with van der Waals surface area (Å²) in [4.78, 5) is 12.1. The smallest absolute Gasteiger partial charge is 0.142 e. The van der Waals surface area contributed by atoms with E-state index in [1.807, 2.05) is 0 Å². The van der Waals surface area contributed by atoms with E-state index in [4.69, 9.17) is 11.5 Å². The van der Waals surface area contributed by atoms with Gasteiger partial charge in [-0.25, -0.2) is 4.98 Å². The third-order valence-electron chi connectivity index (χ3n) is 1.70. The molecule has 2 aromatic heterocycles. The highest BCUT2D eigenvalue weighted by Gasteiger charge is 2.01. The normalized spacial score (nSPS) is 10.0. The lowest BCUT2D eigenvalue weighted by Crippen LogP contribution is -1.95. The zero-order valence-corrected chi connectivity index (χ0v) is 7.38. The lowest BCUT2D eigenvalue weighted by atomic mass is 10.2. The average Bonchev–Trinajstić information content (AvgIpc) is 2.18. The molecule has 5 nitrogen and oxygen atoms in total. The first-order valence-electron chi connectivity index (χ1n) is 4.05. The number of hydrogen-bond donors (Lipinski definition) is 2. The Morgan fingerprint density at radius 3 is 2.64 bits per heavy atom. The number of pyridine rings is 1. The van der Waals surface area contributed by atoms with Crippen LogP contribution in [0.4, 0.5) is 11.5 Å². The second-order valence-corrected chi connectivity index (χ2v) is 2.80. The van der Waals surface area contributed by atoms with Crippen molar-refractivity contribution in [3.63, 3.8) is 0 Å². The second kappa shape index (κ2) is 3.29. The summed E-state index contributed by atoms with van der Waals surface area (Å²) >= 11 is 0. The molecule has 0 bridgehead atoms. The van der Waals surface area contributed by atoms with E-state index in [1.54, 1.807) is 24.5 Å². The van der Waals surface area contributed by atoms with Gasteiger partial charge in [-0.2, -0.15) is 0 Å². The predicted octanol–water partition coefficient (Wildman–Crippen LogP) is 0.703. The molecule has 0 amide bonds. The van der Waals surface area contributed by atoms with Gasteiger partial charge in [0.2, 0.25) is 0 Å². The van der Waals surface area contributed by atoms with E-state index in [0.717, 1.165) is 0 Å². The van der Waals surface area contributed by atoms with Gasteiger partial charge in [-0.05, 0) is 12.1 Å². The third-order valence-corrected chi connectivity index (χ3v) is 1.70. The standard InChI is InChI=1S/C9H9N5/c10-6-1-2-13-7(3-6)8-4-12-5-9(11)14-8/h1-5H,(H2,10,13)(H2,11,14). The minimum absolute atomic E-state index is 0.367. The molecule has 0 saturated heterocycles. The first-order valence-corrected chi connectivity index (χ1v) is 4.05. The largest absolute Gasteiger partial charge is 0.399 e. The van der Waals surface area contributed by atoms with Gasteiger partial charge in [0.05, 0.1) is 18.1 Å². The zero-order chi connectivity index (χ0) is 9.97. The van der Waals surface area contributed by atoms with Crippen molar-refractivity contribution in [1.82, 2.24) is 15.0 Å². The maximum absolute atomic E-state index is 5.61. The summed E-state index contributed by atoms with van der Waals surface area (Å²) in [5.41, 5.74) is 13.0. The fourth-order valence-electron chi connectivity index (χ4n) is 1.09. The maximum Gasteiger partial charge on any atom is 0.142 e. The Morgan fingerprint density at radius 1 is 1.07 bits per heavy atom. The van der Waals surface area contributed by atoms with Crippen molar-refractivity contribution in [2.75, 3.05) is 11.5 Å². The van der Waals surface area contributed by atoms with Crippen LogP contribution >= 0.6 is 0 Å². The van der Waals surface area contributed by atoms with Gasteiger partial charge in [-0.15, -0.1) is 0 Å². The van der Waals surface area contributed by atoms with Crippen molar-refractivity contribution in [1.29, 1.82) is 0 Å². The highest BCUT2D eigenvalue weighted by Crippen LogP contribution is 2.15. The highest BCUT2D eigenvalue weighted by molar-refractivity contribution is 5.59. The molecule has 2 heterocycles. The molecular weight excluding hydrogens is 178 g/mol. The highest BCUT2D eigenvalue weighted by atomic mass is 14.9. The summed E-state index contributed by atoms with van der Waals surface area (Å²) in [6.45, 7) is 0. The van der Waals surface area contributed by atoms with Crippen LogP contribution in [0.15, 0.2) is 30.7 Å². The molecule has 0 spiro atoms. The number of nitrogens with two attached hydrogens (primary N) is 2. The van der Waals surface area contributed by atoms with Crippen molar-refractivity contribution >= 4 is 11.5 Å². The Balaban J connectivity index is 2.49. The van der Waals surface area contributed by atoms with Crippen LogP contribution in [-0.2, 0) is 0 Å². The molecule has 0 saturated carbocycles. The Morgan fingerprint density at radius 2 is 1.93 bits per heavy atom. The van der Waals surface area contributed by atoms with E-state index in [1.165, 1.54) is 6.20 Å². The van der Waals surface area contributed by atoms with Gasteiger partial charge in [0.1, 0.15) is 11.5 Å². The van der Waals surface area contributed by atoms with Crippen LogP contribution in [-0.4, -0.2) is 15.0 Å². The Bertz CT molecular complexity index is 411. The monoisotopic (exact) mass is 187 g/mol. The third kappa shape index (κ3) is 1.61. The van der Waals surface area contributed by atoms with E-state index >= 15 is 0 Å². The molecule has 5 heteroatoms. The molecule has 2 rings (SSSR count). The summed E-state index contributed by atoms with van der Waals surface area (Å²) in [6, 6.07) is 3.44. The van der Waals surface area contributed by atoms with Crippen LogP contribution in [0.3, 0.4) is 0 Å². The average molecular weight is 187 g/mol. The summed E-state index contributed by atoms with van der Waals surface area (Å²) in [6.07, 6.45) is 4.70. The van der Waals surface area contributed by atoms with Crippen molar-refractivity contribution in [3.05, 3.63) is 30.7 Å². The van der Waals surface area contributed by atoms with Crippen molar-refractivity contribution in [2.45, 2.75) is 0 Å². The van der Waals surface area contributed by atoms with Crippen molar-refractivity contribution in [3.8, 4) is 11.4 Å². The predicted molar refractivity (Wildman–Crippen MR) is 54.1 cm³/mol. The molecule has 0 aliphatic heterocycles. The van der Waals surface area contributed by atoms with E-state index in [0.29, 0.717) is 22.9 Å². The van der Waals surface area contributed by atoms with Crippen LogP contribution in [0.2, 0.25) is 0 Å². The molecular formula is C9H9N5. The van der Waals surface area contributed by atoms with Crippen molar-refractivity contribution < 1.29 is 0 Å². The van der Waals surface area contributed by atoms with Gasteiger partial charge < -0.3 is 11.5 Å². The van der Waals surface area contributed by atoms with E-state index in [9.17, 15) is 0 Å². The zero-order valence-electron chi connectivity index (χ0n) is 7.38. The molecule has 0 aliphatic rings. The van der Waals surface area contributed by atoms with E-state index in [2.05, 4.69) is 15.0 Å². The number of rotatable bonds is 1. The van der Waals surface area contributed by atoms with Crippen molar-refractivity contribution in [2.24, 2.45) is 0 Å². The summed E-state index contributed by atoms with van der Waals surface area (Å²) in [7, 11) is 0. The van der Waals surface area contributed by atoms with Crippen LogP contribution in [0, 0.1) is 0 Å². The second-order valence-electron chi connectivity index (χ2n) is 2.80. The van der Waals surface area contributed by atoms with Crippen LogP contribution in [0.25, 0.3) is 11.4 Å². The minimum Gasteiger partial charge on any atom is -0.399 e. The molecule has 4 N–H and O–H groups in total. The molecule has 2 aromatic rings. The molecule has 0 atom stereocenters. The van der Waals surface area contributed by atoms with Crippen LogP contribution in [0.1, 0.15) is 0 Å². The number of anilines is 2. The minimum atomic E-state index is 0.367. The van der Waals surface area contributed by atoms with Crippen LogP contribution < -0.4 is 11.5 Å². The molecule has 14 heavy (non-hydrogen) atoms. The Kier molecular flexibility index (Phi) is 1.98. The van der Waals surface area contributed by atoms with Gasteiger partial charge in [-0.1, -0.05) is 0 Å². The first-order chi connectivity index (χ1) is 6.75. The summed E-state index contributed by atoms with van der Waals surface area (Å²) in [5, 5.41) is 0. The topological polar surface area (TPSA) is 90.7 Å². The molecule has 0 unspecified atom stereocenters. The fraction of sp³-hybridized carbons (Fsp3) is 0. The fourth-order valence-corrected chi connectivity index (χ4v) is 1.09. The van der Waals surface area contributed by atoms with Gasteiger partial charge in [0.15, 0.2) is 0 Å². The molecule has 0 radical (unpaired) electrons. The van der Waals surface area contributed by atoms with E-state index in [-0.39, 0.29) is 0 Å². The molecule has 0 fully saturated rings. The number of nitrogen functional groups attached to an aromatic ring is 2. The Labute approximate surface area is 80.8 Å². The SMILES string of the molecule is Nc1ccnc(-c2cncc(N)n2)c1. The lowest BCUT2D eigenvalue weighted by Gasteiger charge is -2.00. The summed E-state index contributed by atoms with van der Waals surface area (Å²) in [5.74, 6) is 0.367. The molecule has 0 aromatic carbocycles. The lowest BCUT2D eigenvalue weighted by molar-refractivity contribution is 1.18. The Hall–Kier alpha value is -2.17. The number of nitrogens with zero attached hydrogens (tertiary/aromatic N) is 3. The number of aromatic nitrogens is 3. The van der Waals surface area contributed by atoms with Gasteiger partial charge >= 0.3 is 0 Å². The molecule has 70 valence electrons. The quantitative estimate of drug-likeness (QED) is 0.685. The number of hydrogen-bond acceptors (Lipinski definition) is 5.